The van der Waals surface area contributed by atoms with Gasteiger partial charge in [-0.1, -0.05) is 0 Å². The van der Waals surface area contributed by atoms with Gasteiger partial charge in [0.1, 0.15) is 5.60 Å². The second-order valence-corrected chi connectivity index (χ2v) is 6.07. The molecule has 3 rings (SSSR count). The van der Waals surface area contributed by atoms with Crippen molar-refractivity contribution in [2.24, 2.45) is 0 Å². The highest BCUT2D eigenvalue weighted by molar-refractivity contribution is 5.68. The number of piperidine rings is 1. The van der Waals surface area contributed by atoms with Crippen LogP contribution in [0.4, 0.5) is 4.79 Å². The number of nitrogens with zero attached hydrogens (tertiary/aromatic N) is 3. The smallest absolute Gasteiger partial charge is 0.410 e. The average molecular weight is 251 g/mol. The standard InChI is InChI=1S/C13H21N3O2/c1-13(2,3)18-12(17)15-8-10-7-11(9-15)16(10)6-4-5-14/h10-11H,4,6-9H2,1-3H3. The molecule has 0 aromatic carbocycles. The summed E-state index contributed by atoms with van der Waals surface area (Å²) < 4.78 is 5.38. The predicted octanol–water partition coefficient (Wildman–Crippen LogP) is 1.59. The second kappa shape index (κ2) is 4.77. The zero-order valence-electron chi connectivity index (χ0n) is 11.3. The van der Waals surface area contributed by atoms with E-state index in [9.17, 15) is 4.79 Å². The van der Waals surface area contributed by atoms with Gasteiger partial charge in [0.15, 0.2) is 0 Å². The van der Waals surface area contributed by atoms with Crippen LogP contribution in [0.5, 0.6) is 0 Å². The summed E-state index contributed by atoms with van der Waals surface area (Å²) in [6.45, 7) is 7.94. The molecule has 0 aromatic heterocycles. The van der Waals surface area contributed by atoms with E-state index in [1.54, 1.807) is 4.90 Å². The highest BCUT2D eigenvalue weighted by atomic mass is 16.6. The molecule has 5 nitrogen and oxygen atoms in total. The van der Waals surface area contributed by atoms with Crippen LogP contribution in [0.2, 0.25) is 0 Å². The van der Waals surface area contributed by atoms with E-state index in [1.165, 1.54) is 0 Å². The average Bonchev–Trinajstić information content (AvgIpc) is 2.27. The van der Waals surface area contributed by atoms with Crippen LogP contribution in [0, 0.1) is 11.3 Å². The molecule has 0 radical (unpaired) electrons. The Bertz CT molecular complexity index is 357. The number of piperazine rings is 1. The fourth-order valence-corrected chi connectivity index (χ4v) is 2.71. The quantitative estimate of drug-likeness (QED) is 0.748. The molecular formula is C13H21N3O2. The van der Waals surface area contributed by atoms with Crippen molar-refractivity contribution in [1.82, 2.24) is 9.80 Å². The van der Waals surface area contributed by atoms with Gasteiger partial charge in [-0.2, -0.15) is 5.26 Å². The number of fused-ring (bicyclic) bond motifs is 2. The number of rotatable bonds is 2. The van der Waals surface area contributed by atoms with E-state index in [4.69, 9.17) is 10.00 Å². The van der Waals surface area contributed by atoms with E-state index in [-0.39, 0.29) is 6.09 Å². The summed E-state index contributed by atoms with van der Waals surface area (Å²) in [5, 5.41) is 8.60. The van der Waals surface area contributed by atoms with E-state index in [0.29, 0.717) is 18.5 Å². The lowest BCUT2D eigenvalue weighted by atomic mass is 9.87. The molecule has 0 aliphatic carbocycles. The topological polar surface area (TPSA) is 56.6 Å². The highest BCUT2D eigenvalue weighted by Crippen LogP contribution is 2.32. The third kappa shape index (κ3) is 2.75. The normalized spacial score (nSPS) is 27.3. The molecule has 3 aliphatic rings. The maximum atomic E-state index is 11.9. The van der Waals surface area contributed by atoms with Crippen LogP contribution in [0.1, 0.15) is 33.6 Å². The Morgan fingerprint density at radius 1 is 1.39 bits per heavy atom. The number of hydrogen-bond acceptors (Lipinski definition) is 4. The van der Waals surface area contributed by atoms with E-state index >= 15 is 0 Å². The minimum Gasteiger partial charge on any atom is -0.444 e. The Morgan fingerprint density at radius 3 is 2.50 bits per heavy atom. The second-order valence-electron chi connectivity index (χ2n) is 6.07. The van der Waals surface area contributed by atoms with Gasteiger partial charge in [0.25, 0.3) is 0 Å². The first-order valence-electron chi connectivity index (χ1n) is 6.51. The van der Waals surface area contributed by atoms with Crippen LogP contribution >= 0.6 is 0 Å². The molecule has 0 spiro atoms. The summed E-state index contributed by atoms with van der Waals surface area (Å²) in [4.78, 5) is 16.1. The van der Waals surface area contributed by atoms with E-state index in [2.05, 4.69) is 11.0 Å². The molecule has 18 heavy (non-hydrogen) atoms. The first-order valence-corrected chi connectivity index (χ1v) is 6.51. The van der Waals surface area contributed by atoms with Crippen molar-refractivity contribution in [3.8, 4) is 6.07 Å². The lowest BCUT2D eigenvalue weighted by Gasteiger charge is -2.56. The monoisotopic (exact) mass is 251 g/mol. The highest BCUT2D eigenvalue weighted by Gasteiger charge is 2.46. The van der Waals surface area contributed by atoms with Gasteiger partial charge in [-0.25, -0.2) is 4.79 Å². The first kappa shape index (κ1) is 13.2. The number of nitriles is 1. The fourth-order valence-electron chi connectivity index (χ4n) is 2.71. The number of ether oxygens (including phenoxy) is 1. The van der Waals surface area contributed by atoms with Gasteiger partial charge < -0.3 is 9.64 Å². The van der Waals surface area contributed by atoms with Crippen LogP contribution in [-0.2, 0) is 4.74 Å². The summed E-state index contributed by atoms with van der Waals surface area (Å²) in [5.41, 5.74) is -0.431. The van der Waals surface area contributed by atoms with Crippen molar-refractivity contribution in [3.05, 3.63) is 0 Å². The molecule has 2 atom stereocenters. The van der Waals surface area contributed by atoms with Gasteiger partial charge in [0.2, 0.25) is 0 Å². The molecule has 0 N–H and O–H groups in total. The van der Waals surface area contributed by atoms with Crippen LogP contribution in [0.15, 0.2) is 0 Å². The molecule has 5 heteroatoms. The minimum atomic E-state index is -0.431. The Labute approximate surface area is 108 Å². The molecule has 3 heterocycles. The number of carbonyl (C=O) groups is 1. The zero-order chi connectivity index (χ0) is 13.3. The lowest BCUT2D eigenvalue weighted by molar-refractivity contribution is -0.0719. The third-order valence-corrected chi connectivity index (χ3v) is 3.48. The number of hydrogen-bond donors (Lipinski definition) is 0. The summed E-state index contributed by atoms with van der Waals surface area (Å²) in [5.74, 6) is 0. The summed E-state index contributed by atoms with van der Waals surface area (Å²) in [7, 11) is 0. The third-order valence-electron chi connectivity index (χ3n) is 3.48. The summed E-state index contributed by atoms with van der Waals surface area (Å²) in [6.07, 6.45) is 1.50. The SMILES string of the molecule is CC(C)(C)OC(=O)N1CC2CC(C1)N2CCC#N. The summed E-state index contributed by atoms with van der Waals surface area (Å²) in [6, 6.07) is 3.02. The number of carbonyl (C=O) groups excluding carboxylic acids is 1. The Hall–Kier alpha value is -1.28. The number of amides is 1. The maximum absolute atomic E-state index is 11.9. The van der Waals surface area contributed by atoms with E-state index in [1.807, 2.05) is 20.8 Å². The first-order chi connectivity index (χ1) is 8.40. The van der Waals surface area contributed by atoms with Crippen molar-refractivity contribution in [1.29, 1.82) is 5.26 Å². The van der Waals surface area contributed by atoms with Crippen molar-refractivity contribution in [3.63, 3.8) is 0 Å². The maximum Gasteiger partial charge on any atom is 0.410 e. The van der Waals surface area contributed by atoms with Crippen molar-refractivity contribution >= 4 is 6.09 Å². The predicted molar refractivity (Wildman–Crippen MR) is 66.9 cm³/mol. The molecule has 100 valence electrons. The van der Waals surface area contributed by atoms with Gasteiger partial charge in [0.05, 0.1) is 6.07 Å². The molecule has 0 saturated carbocycles. The van der Waals surface area contributed by atoms with Crippen LogP contribution in [-0.4, -0.2) is 53.2 Å². The summed E-state index contributed by atoms with van der Waals surface area (Å²) >= 11 is 0. The molecule has 1 amide bonds. The van der Waals surface area contributed by atoms with Gasteiger partial charge in [-0.15, -0.1) is 0 Å². The van der Waals surface area contributed by atoms with Crippen molar-refractivity contribution < 1.29 is 9.53 Å². The Balaban J connectivity index is 1.84. The molecule has 3 aliphatic heterocycles. The van der Waals surface area contributed by atoms with Crippen LogP contribution in [0.3, 0.4) is 0 Å². The Morgan fingerprint density at radius 2 is 2.00 bits per heavy atom. The minimum absolute atomic E-state index is 0.211. The molecular weight excluding hydrogens is 230 g/mol. The Kier molecular flexibility index (Phi) is 3.49. The molecule has 3 saturated heterocycles. The van der Waals surface area contributed by atoms with Gasteiger partial charge in [-0.3, -0.25) is 4.90 Å². The van der Waals surface area contributed by atoms with Gasteiger partial charge >= 0.3 is 6.09 Å². The van der Waals surface area contributed by atoms with E-state index < -0.39 is 5.60 Å². The largest absolute Gasteiger partial charge is 0.444 e. The van der Waals surface area contributed by atoms with Crippen molar-refractivity contribution in [2.75, 3.05) is 19.6 Å². The van der Waals surface area contributed by atoms with Crippen LogP contribution in [0.25, 0.3) is 0 Å². The van der Waals surface area contributed by atoms with Gasteiger partial charge in [-0.05, 0) is 27.2 Å². The van der Waals surface area contributed by atoms with E-state index in [0.717, 1.165) is 26.1 Å². The molecule has 0 aromatic rings. The molecule has 2 bridgehead atoms. The molecule has 3 fully saturated rings. The lowest BCUT2D eigenvalue weighted by Crippen LogP contribution is -2.69. The zero-order valence-corrected chi connectivity index (χ0v) is 11.3. The van der Waals surface area contributed by atoms with Gasteiger partial charge in [0, 0.05) is 38.1 Å². The molecule has 2 unspecified atom stereocenters. The fraction of sp³-hybridized carbons (Fsp3) is 0.846. The van der Waals surface area contributed by atoms with Crippen molar-refractivity contribution in [2.45, 2.75) is 51.3 Å². The van der Waals surface area contributed by atoms with Crippen LogP contribution < -0.4 is 0 Å².